The molecule has 226 valence electrons. The third-order valence-corrected chi connectivity index (χ3v) is 9.27. The summed E-state index contributed by atoms with van der Waals surface area (Å²) in [5.41, 5.74) is 12.2. The van der Waals surface area contributed by atoms with Crippen LogP contribution in [0.3, 0.4) is 0 Å². The zero-order valence-corrected chi connectivity index (χ0v) is 26.3. The zero-order valence-electron chi connectivity index (χ0n) is 26.3. The van der Waals surface area contributed by atoms with Crippen molar-refractivity contribution in [3.63, 3.8) is 0 Å². The van der Waals surface area contributed by atoms with Gasteiger partial charge in [-0.15, -0.1) is 0 Å². The molecule has 48 heavy (non-hydrogen) atoms. The normalized spacial score (nSPS) is 11.3. The Labute approximate surface area is 279 Å². The maximum atomic E-state index is 6.20. The molecule has 9 rings (SSSR count). The topological polar surface area (TPSA) is 16.4 Å². The van der Waals surface area contributed by atoms with Crippen LogP contribution in [0.15, 0.2) is 192 Å². The van der Waals surface area contributed by atoms with Gasteiger partial charge in [0.15, 0.2) is 0 Å². The van der Waals surface area contributed by atoms with Crippen LogP contribution in [0.4, 0.5) is 17.1 Å². The zero-order chi connectivity index (χ0) is 31.9. The van der Waals surface area contributed by atoms with E-state index in [0.29, 0.717) is 0 Å². The fourth-order valence-corrected chi connectivity index (χ4v) is 7.01. The Kier molecular flexibility index (Phi) is 6.84. The third kappa shape index (κ3) is 4.83. The van der Waals surface area contributed by atoms with Crippen molar-refractivity contribution in [3.05, 3.63) is 188 Å². The third-order valence-electron chi connectivity index (χ3n) is 9.27. The summed E-state index contributed by atoms with van der Waals surface area (Å²) in [6.07, 6.45) is 0. The van der Waals surface area contributed by atoms with Gasteiger partial charge in [0.05, 0.1) is 11.4 Å². The predicted molar refractivity (Wildman–Crippen MR) is 202 cm³/mol. The predicted octanol–water partition coefficient (Wildman–Crippen LogP) is 13.2. The lowest BCUT2D eigenvalue weighted by Gasteiger charge is -2.30. The summed E-state index contributed by atoms with van der Waals surface area (Å²) in [6, 6.07) is 67.0. The molecule has 0 aliphatic rings. The molecule has 0 radical (unpaired) electrons. The minimum absolute atomic E-state index is 0.896. The molecule has 0 unspecified atom stereocenters. The van der Waals surface area contributed by atoms with Gasteiger partial charge in [-0.1, -0.05) is 146 Å². The van der Waals surface area contributed by atoms with Crippen molar-refractivity contribution in [2.75, 3.05) is 4.90 Å². The van der Waals surface area contributed by atoms with Gasteiger partial charge < -0.3 is 9.32 Å². The van der Waals surface area contributed by atoms with Crippen LogP contribution in [0.1, 0.15) is 0 Å². The van der Waals surface area contributed by atoms with Crippen molar-refractivity contribution in [3.8, 4) is 33.4 Å². The van der Waals surface area contributed by atoms with E-state index in [-0.39, 0.29) is 0 Å². The van der Waals surface area contributed by atoms with Crippen LogP contribution in [0, 0.1) is 0 Å². The lowest BCUT2D eigenvalue weighted by atomic mass is 9.95. The van der Waals surface area contributed by atoms with Crippen LogP contribution < -0.4 is 4.90 Å². The highest BCUT2D eigenvalue weighted by Gasteiger charge is 2.21. The van der Waals surface area contributed by atoms with E-state index in [1.807, 2.05) is 12.1 Å². The molecule has 0 saturated carbocycles. The van der Waals surface area contributed by atoms with Gasteiger partial charge in [-0.2, -0.15) is 0 Å². The van der Waals surface area contributed by atoms with Crippen LogP contribution in [0.25, 0.3) is 66.1 Å². The SMILES string of the molecule is c1ccc(-c2ccc(N(c3ccccc3-c3ccc4oc5ccccc5c4c3)c3cccc4cccc(-c5ccccc5)c34)cc2)cc1. The number of rotatable bonds is 6. The van der Waals surface area contributed by atoms with Crippen molar-refractivity contribution in [2.24, 2.45) is 0 Å². The maximum Gasteiger partial charge on any atom is 0.135 e. The summed E-state index contributed by atoms with van der Waals surface area (Å²) in [4.78, 5) is 2.43. The van der Waals surface area contributed by atoms with E-state index >= 15 is 0 Å². The van der Waals surface area contributed by atoms with E-state index in [1.165, 1.54) is 33.0 Å². The van der Waals surface area contributed by atoms with Crippen LogP contribution >= 0.6 is 0 Å². The summed E-state index contributed by atoms with van der Waals surface area (Å²) in [6.45, 7) is 0. The summed E-state index contributed by atoms with van der Waals surface area (Å²) in [5.74, 6) is 0. The fraction of sp³-hybridized carbons (Fsp3) is 0. The standard InChI is InChI=1S/C46H31NO/c1-3-13-32(14-4-1)33-25-28-37(29-26-33)47(43-23-12-18-35-17-11-21-39(46(35)43)34-15-5-2-6-16-34)42-22-9-7-19-38(42)36-27-30-45-41(31-36)40-20-8-10-24-44(40)48-45/h1-31H. The Morgan fingerprint density at radius 1 is 0.354 bits per heavy atom. The maximum absolute atomic E-state index is 6.20. The van der Waals surface area contributed by atoms with Gasteiger partial charge in [0.2, 0.25) is 0 Å². The van der Waals surface area contributed by atoms with Crippen LogP contribution in [-0.4, -0.2) is 0 Å². The first-order chi connectivity index (χ1) is 23.8. The molecule has 2 heteroatoms. The molecule has 0 spiro atoms. The lowest BCUT2D eigenvalue weighted by Crippen LogP contribution is -2.12. The number of benzene rings is 8. The Hall–Kier alpha value is -6.38. The number of nitrogens with zero attached hydrogens (tertiary/aromatic N) is 1. The Morgan fingerprint density at radius 2 is 0.938 bits per heavy atom. The van der Waals surface area contributed by atoms with Gasteiger partial charge in [-0.05, 0) is 75.7 Å². The van der Waals surface area contributed by atoms with Crippen LogP contribution in [0.2, 0.25) is 0 Å². The molecule has 9 aromatic rings. The molecule has 1 heterocycles. The van der Waals surface area contributed by atoms with Crippen molar-refractivity contribution < 1.29 is 4.42 Å². The van der Waals surface area contributed by atoms with E-state index in [9.17, 15) is 0 Å². The highest BCUT2D eigenvalue weighted by Crippen LogP contribution is 2.46. The number of hydrogen-bond acceptors (Lipinski definition) is 2. The molecule has 0 atom stereocenters. The first-order valence-corrected chi connectivity index (χ1v) is 16.4. The Bertz CT molecular complexity index is 2540. The number of fused-ring (bicyclic) bond motifs is 4. The minimum atomic E-state index is 0.896. The highest BCUT2D eigenvalue weighted by atomic mass is 16.3. The number of hydrogen-bond donors (Lipinski definition) is 0. The molecular weight excluding hydrogens is 583 g/mol. The van der Waals surface area contributed by atoms with Gasteiger partial charge in [0.1, 0.15) is 11.2 Å². The van der Waals surface area contributed by atoms with Crippen LogP contribution in [0.5, 0.6) is 0 Å². The molecule has 0 aliphatic heterocycles. The molecule has 0 aliphatic carbocycles. The molecule has 8 aromatic carbocycles. The fourth-order valence-electron chi connectivity index (χ4n) is 7.01. The van der Waals surface area contributed by atoms with Crippen molar-refractivity contribution in [1.82, 2.24) is 0 Å². The second kappa shape index (κ2) is 11.8. The van der Waals surface area contributed by atoms with Gasteiger partial charge in [0.25, 0.3) is 0 Å². The molecule has 0 fully saturated rings. The van der Waals surface area contributed by atoms with E-state index in [0.717, 1.165) is 50.1 Å². The molecule has 0 saturated heterocycles. The molecule has 1 aromatic heterocycles. The summed E-state index contributed by atoms with van der Waals surface area (Å²) in [5, 5.41) is 4.66. The Balaban J connectivity index is 1.29. The van der Waals surface area contributed by atoms with Gasteiger partial charge >= 0.3 is 0 Å². The van der Waals surface area contributed by atoms with E-state index in [1.54, 1.807) is 0 Å². The van der Waals surface area contributed by atoms with E-state index in [4.69, 9.17) is 4.42 Å². The quantitative estimate of drug-likeness (QED) is 0.185. The molecule has 2 nitrogen and oxygen atoms in total. The monoisotopic (exact) mass is 613 g/mol. The number of furan rings is 1. The Morgan fingerprint density at radius 3 is 1.75 bits per heavy atom. The minimum Gasteiger partial charge on any atom is -0.456 e. The van der Waals surface area contributed by atoms with Crippen molar-refractivity contribution in [2.45, 2.75) is 0 Å². The summed E-state index contributed by atoms with van der Waals surface area (Å²) in [7, 11) is 0. The average Bonchev–Trinajstić information content (AvgIpc) is 3.54. The van der Waals surface area contributed by atoms with Gasteiger partial charge in [-0.3, -0.25) is 0 Å². The molecule has 0 bridgehead atoms. The first kappa shape index (κ1) is 27.9. The molecule has 0 N–H and O–H groups in total. The van der Waals surface area contributed by atoms with E-state index in [2.05, 4.69) is 181 Å². The molecule has 0 amide bonds. The lowest BCUT2D eigenvalue weighted by molar-refractivity contribution is 0.669. The van der Waals surface area contributed by atoms with Crippen LogP contribution in [-0.2, 0) is 0 Å². The first-order valence-electron chi connectivity index (χ1n) is 16.4. The summed E-state index contributed by atoms with van der Waals surface area (Å²) >= 11 is 0. The van der Waals surface area contributed by atoms with Crippen molar-refractivity contribution >= 4 is 49.8 Å². The van der Waals surface area contributed by atoms with Gasteiger partial charge in [0, 0.05) is 27.4 Å². The average molecular weight is 614 g/mol. The highest BCUT2D eigenvalue weighted by molar-refractivity contribution is 6.10. The largest absolute Gasteiger partial charge is 0.456 e. The second-order valence-electron chi connectivity index (χ2n) is 12.1. The molecular formula is C46H31NO. The smallest absolute Gasteiger partial charge is 0.135 e. The van der Waals surface area contributed by atoms with E-state index < -0.39 is 0 Å². The second-order valence-corrected chi connectivity index (χ2v) is 12.1. The number of anilines is 3. The summed E-state index contributed by atoms with van der Waals surface area (Å²) < 4.78 is 6.20. The van der Waals surface area contributed by atoms with Gasteiger partial charge in [-0.25, -0.2) is 0 Å². The van der Waals surface area contributed by atoms with Crippen molar-refractivity contribution in [1.29, 1.82) is 0 Å². The number of para-hydroxylation sites is 2.